The van der Waals surface area contributed by atoms with E-state index in [1.54, 1.807) is 20.3 Å². The van der Waals surface area contributed by atoms with Crippen molar-refractivity contribution in [2.45, 2.75) is 0 Å². The van der Waals surface area contributed by atoms with E-state index in [2.05, 4.69) is 17.0 Å². The molecular weight excluding hydrogens is 401 g/mol. The Labute approximate surface area is 175 Å². The van der Waals surface area contributed by atoms with E-state index in [9.17, 15) is 0 Å². The molecule has 0 bridgehead atoms. The van der Waals surface area contributed by atoms with Gasteiger partial charge < -0.3 is 18.8 Å². The number of ether oxygens (including phenoxy) is 2. The van der Waals surface area contributed by atoms with Crippen LogP contribution in [0.3, 0.4) is 0 Å². The second-order valence-corrected chi connectivity index (χ2v) is 6.89. The van der Waals surface area contributed by atoms with Crippen molar-refractivity contribution in [1.82, 2.24) is 14.4 Å². The SMILES string of the molecule is COc1cc(OC)c(-c2cn3ccc(N4CCN(N)CC4)cc3n2)cc1Cl.Cl. The molecule has 7 nitrogen and oxygen atoms in total. The van der Waals surface area contributed by atoms with Gasteiger partial charge in [0, 0.05) is 62.0 Å². The first-order valence-corrected chi connectivity index (χ1v) is 9.12. The van der Waals surface area contributed by atoms with Crippen molar-refractivity contribution in [1.29, 1.82) is 0 Å². The Morgan fingerprint density at radius 3 is 2.43 bits per heavy atom. The number of hydrogen-bond donors (Lipinski definition) is 1. The Kier molecular flexibility index (Phi) is 6.20. The van der Waals surface area contributed by atoms with Gasteiger partial charge in [-0.25, -0.2) is 9.99 Å². The zero-order chi connectivity index (χ0) is 19.0. The number of hydrogen-bond acceptors (Lipinski definition) is 6. The van der Waals surface area contributed by atoms with Gasteiger partial charge in [0.25, 0.3) is 0 Å². The van der Waals surface area contributed by atoms with Gasteiger partial charge in [-0.3, -0.25) is 5.84 Å². The number of pyridine rings is 1. The van der Waals surface area contributed by atoms with E-state index in [1.807, 2.05) is 27.9 Å². The Morgan fingerprint density at radius 2 is 1.75 bits per heavy atom. The minimum atomic E-state index is 0. The first-order valence-electron chi connectivity index (χ1n) is 8.74. The van der Waals surface area contributed by atoms with E-state index in [-0.39, 0.29) is 12.4 Å². The highest BCUT2D eigenvalue weighted by atomic mass is 35.5. The predicted molar refractivity (Wildman–Crippen MR) is 114 cm³/mol. The van der Waals surface area contributed by atoms with Crippen LogP contribution in [-0.2, 0) is 0 Å². The lowest BCUT2D eigenvalue weighted by Crippen LogP contribution is -2.49. The van der Waals surface area contributed by atoms with Crippen LogP contribution in [0.25, 0.3) is 16.9 Å². The number of benzene rings is 1. The lowest BCUT2D eigenvalue weighted by atomic mass is 10.1. The maximum Gasteiger partial charge on any atom is 0.141 e. The van der Waals surface area contributed by atoms with Gasteiger partial charge >= 0.3 is 0 Å². The number of aromatic nitrogens is 2. The van der Waals surface area contributed by atoms with E-state index in [0.29, 0.717) is 16.5 Å². The van der Waals surface area contributed by atoms with Crippen LogP contribution in [0.4, 0.5) is 5.69 Å². The monoisotopic (exact) mass is 423 g/mol. The Hall–Kier alpha value is -2.19. The normalized spacial score (nSPS) is 14.8. The lowest BCUT2D eigenvalue weighted by Gasteiger charge is -2.33. The van der Waals surface area contributed by atoms with Crippen molar-refractivity contribution in [2.75, 3.05) is 45.3 Å². The second kappa shape index (κ2) is 8.45. The summed E-state index contributed by atoms with van der Waals surface area (Å²) in [5.41, 5.74) is 3.63. The van der Waals surface area contributed by atoms with Gasteiger partial charge in [-0.2, -0.15) is 0 Å². The molecule has 0 spiro atoms. The number of halogens is 2. The Morgan fingerprint density at radius 1 is 1.04 bits per heavy atom. The molecule has 150 valence electrons. The smallest absolute Gasteiger partial charge is 0.141 e. The zero-order valence-corrected chi connectivity index (χ0v) is 17.3. The van der Waals surface area contributed by atoms with Crippen molar-refractivity contribution in [3.63, 3.8) is 0 Å². The molecule has 0 amide bonds. The minimum Gasteiger partial charge on any atom is -0.496 e. The van der Waals surface area contributed by atoms with E-state index in [4.69, 9.17) is 31.9 Å². The lowest BCUT2D eigenvalue weighted by molar-refractivity contribution is 0.266. The van der Waals surface area contributed by atoms with Crippen LogP contribution in [0.5, 0.6) is 11.5 Å². The molecule has 2 N–H and O–H groups in total. The summed E-state index contributed by atoms with van der Waals surface area (Å²) in [7, 11) is 3.20. The first kappa shape index (κ1) is 20.5. The molecule has 2 aromatic heterocycles. The molecule has 1 aliphatic rings. The highest BCUT2D eigenvalue weighted by Gasteiger charge is 2.17. The number of imidazole rings is 1. The minimum absolute atomic E-state index is 0. The number of anilines is 1. The van der Waals surface area contributed by atoms with Crippen LogP contribution >= 0.6 is 24.0 Å². The number of nitrogens with two attached hydrogens (primary N) is 1. The zero-order valence-electron chi connectivity index (χ0n) is 15.8. The van der Waals surface area contributed by atoms with Crippen LogP contribution in [0.15, 0.2) is 36.7 Å². The fourth-order valence-electron chi connectivity index (χ4n) is 3.34. The topological polar surface area (TPSA) is 68.3 Å². The molecule has 1 aliphatic heterocycles. The maximum absolute atomic E-state index is 6.31. The van der Waals surface area contributed by atoms with Gasteiger partial charge in [-0.05, 0) is 12.1 Å². The molecule has 9 heteroatoms. The molecule has 1 saturated heterocycles. The van der Waals surface area contributed by atoms with Crippen molar-refractivity contribution in [2.24, 2.45) is 5.84 Å². The number of fused-ring (bicyclic) bond motifs is 1. The largest absolute Gasteiger partial charge is 0.496 e. The highest BCUT2D eigenvalue weighted by Crippen LogP contribution is 2.38. The summed E-state index contributed by atoms with van der Waals surface area (Å²) in [4.78, 5) is 7.10. The van der Waals surface area contributed by atoms with Crippen LogP contribution in [0, 0.1) is 0 Å². The molecule has 0 radical (unpaired) electrons. The molecular formula is C19H23Cl2N5O2. The van der Waals surface area contributed by atoms with Crippen molar-refractivity contribution >= 4 is 35.3 Å². The average molecular weight is 424 g/mol. The fraction of sp³-hybridized carbons (Fsp3) is 0.316. The molecule has 3 heterocycles. The number of hydrazine groups is 1. The van der Waals surface area contributed by atoms with Crippen LogP contribution in [-0.4, -0.2) is 54.8 Å². The van der Waals surface area contributed by atoms with Crippen molar-refractivity contribution in [3.05, 3.63) is 41.7 Å². The van der Waals surface area contributed by atoms with E-state index < -0.39 is 0 Å². The number of piperazine rings is 1. The number of rotatable bonds is 4. The fourth-order valence-corrected chi connectivity index (χ4v) is 3.58. The molecule has 1 fully saturated rings. The molecule has 0 aliphatic carbocycles. The molecule has 0 saturated carbocycles. The average Bonchev–Trinajstić information content (AvgIpc) is 3.11. The first-order chi connectivity index (χ1) is 13.1. The highest BCUT2D eigenvalue weighted by molar-refractivity contribution is 6.32. The van der Waals surface area contributed by atoms with Gasteiger partial charge in [0.1, 0.15) is 17.1 Å². The maximum atomic E-state index is 6.31. The molecule has 4 rings (SSSR count). The molecule has 28 heavy (non-hydrogen) atoms. The van der Waals surface area contributed by atoms with Gasteiger partial charge in [-0.1, -0.05) is 11.6 Å². The summed E-state index contributed by atoms with van der Waals surface area (Å²) in [6.45, 7) is 3.52. The predicted octanol–water partition coefficient (Wildman–Crippen LogP) is 3.09. The summed E-state index contributed by atoms with van der Waals surface area (Å²) in [5, 5.41) is 2.37. The van der Waals surface area contributed by atoms with Crippen LogP contribution in [0.1, 0.15) is 0 Å². The standard InChI is InChI=1S/C19H22ClN5O2.ClH/c1-26-17-11-18(27-2)15(20)10-14(17)16-12-24-4-3-13(9-19(24)22-16)23-5-7-25(21)8-6-23;/h3-4,9-12H,5-8,21H2,1-2H3;1H. The van der Waals surface area contributed by atoms with E-state index >= 15 is 0 Å². The van der Waals surface area contributed by atoms with Crippen LogP contribution < -0.4 is 20.2 Å². The molecule has 0 unspecified atom stereocenters. The Bertz CT molecular complexity index is 970. The quantitative estimate of drug-likeness (QED) is 0.650. The van der Waals surface area contributed by atoms with E-state index in [0.717, 1.165) is 48.8 Å². The summed E-state index contributed by atoms with van der Waals surface area (Å²) >= 11 is 6.31. The molecule has 0 atom stereocenters. The van der Waals surface area contributed by atoms with Crippen molar-refractivity contribution in [3.8, 4) is 22.8 Å². The van der Waals surface area contributed by atoms with Gasteiger partial charge in [-0.15, -0.1) is 12.4 Å². The molecule has 3 aromatic rings. The van der Waals surface area contributed by atoms with Gasteiger partial charge in [0.15, 0.2) is 0 Å². The third kappa shape index (κ3) is 3.84. The summed E-state index contributed by atoms with van der Waals surface area (Å²) in [5.74, 6) is 7.09. The van der Waals surface area contributed by atoms with Gasteiger partial charge in [0.05, 0.1) is 24.9 Å². The van der Waals surface area contributed by atoms with Gasteiger partial charge in [0.2, 0.25) is 0 Å². The van der Waals surface area contributed by atoms with Crippen molar-refractivity contribution < 1.29 is 9.47 Å². The van der Waals surface area contributed by atoms with Crippen LogP contribution in [0.2, 0.25) is 5.02 Å². The third-order valence-electron chi connectivity index (χ3n) is 4.87. The summed E-state index contributed by atoms with van der Waals surface area (Å²) in [6.07, 6.45) is 3.99. The van der Waals surface area contributed by atoms with E-state index in [1.165, 1.54) is 0 Å². The summed E-state index contributed by atoms with van der Waals surface area (Å²) in [6, 6.07) is 7.79. The Balaban J connectivity index is 0.00000225. The second-order valence-electron chi connectivity index (χ2n) is 6.49. The number of nitrogens with zero attached hydrogens (tertiary/aromatic N) is 4. The summed E-state index contributed by atoms with van der Waals surface area (Å²) < 4.78 is 12.8. The third-order valence-corrected chi connectivity index (χ3v) is 5.17. The number of methoxy groups -OCH3 is 2. The molecule has 1 aromatic carbocycles.